The largest absolute Gasteiger partial charge is 0.316 e. The van der Waals surface area contributed by atoms with Crippen molar-refractivity contribution in [2.75, 3.05) is 5.32 Å². The molecule has 0 saturated heterocycles. The second kappa shape index (κ2) is 7.22. The average Bonchev–Trinajstić information content (AvgIpc) is 3.39. The van der Waals surface area contributed by atoms with Crippen LogP contribution in [0.25, 0.3) is 11.4 Å². The summed E-state index contributed by atoms with van der Waals surface area (Å²) in [6.07, 6.45) is 7.81. The van der Waals surface area contributed by atoms with Gasteiger partial charge in [0.25, 0.3) is 5.91 Å². The number of amides is 1. The lowest BCUT2D eigenvalue weighted by molar-refractivity contribution is 0.102. The summed E-state index contributed by atoms with van der Waals surface area (Å²) in [7, 11) is 0. The first-order valence-electron chi connectivity index (χ1n) is 9.56. The fraction of sp³-hybridized carbons (Fsp3) is 0.136. The SMILES string of the molecule is O=C(Nc1c(F)cccc1F)c1cc2n(n1)-c1cc(-n3ccnc3)ccc1CCC2. The lowest BCUT2D eigenvalue weighted by Gasteiger charge is -2.11. The summed E-state index contributed by atoms with van der Waals surface area (Å²) in [5.41, 5.74) is 3.42. The molecule has 0 saturated carbocycles. The smallest absolute Gasteiger partial charge is 0.276 e. The van der Waals surface area contributed by atoms with Crippen molar-refractivity contribution in [1.29, 1.82) is 0 Å². The van der Waals surface area contributed by atoms with Gasteiger partial charge in [-0.2, -0.15) is 5.10 Å². The van der Waals surface area contributed by atoms with E-state index in [9.17, 15) is 13.6 Å². The zero-order valence-corrected chi connectivity index (χ0v) is 15.8. The quantitative estimate of drug-likeness (QED) is 0.559. The fourth-order valence-electron chi connectivity index (χ4n) is 3.71. The molecule has 2 aromatic carbocycles. The van der Waals surface area contributed by atoms with Gasteiger partial charge in [-0.15, -0.1) is 0 Å². The van der Waals surface area contributed by atoms with E-state index in [1.807, 2.05) is 22.9 Å². The monoisotopic (exact) mass is 405 g/mol. The molecule has 6 nitrogen and oxygen atoms in total. The van der Waals surface area contributed by atoms with E-state index in [0.717, 1.165) is 54.0 Å². The summed E-state index contributed by atoms with van der Waals surface area (Å²) in [6.45, 7) is 0. The highest BCUT2D eigenvalue weighted by Crippen LogP contribution is 2.27. The second-order valence-electron chi connectivity index (χ2n) is 7.12. The molecule has 1 aliphatic heterocycles. The van der Waals surface area contributed by atoms with Gasteiger partial charge in [-0.05, 0) is 55.2 Å². The molecule has 30 heavy (non-hydrogen) atoms. The summed E-state index contributed by atoms with van der Waals surface area (Å²) < 4.78 is 31.4. The van der Waals surface area contributed by atoms with Gasteiger partial charge < -0.3 is 9.88 Å². The molecule has 4 aromatic rings. The Bertz CT molecular complexity index is 1230. The maximum absolute atomic E-state index is 13.9. The summed E-state index contributed by atoms with van der Waals surface area (Å²) in [4.78, 5) is 16.7. The number of carbonyl (C=O) groups is 1. The Labute approximate surface area is 170 Å². The number of hydrogen-bond donors (Lipinski definition) is 1. The van der Waals surface area contributed by atoms with Crippen LogP contribution in [0.4, 0.5) is 14.5 Å². The van der Waals surface area contributed by atoms with E-state index in [-0.39, 0.29) is 5.69 Å². The van der Waals surface area contributed by atoms with Crippen molar-refractivity contribution in [3.8, 4) is 11.4 Å². The minimum Gasteiger partial charge on any atom is -0.316 e. The molecule has 5 rings (SSSR count). The molecule has 150 valence electrons. The molecule has 0 bridgehead atoms. The lowest BCUT2D eigenvalue weighted by Crippen LogP contribution is -2.15. The van der Waals surface area contributed by atoms with Crippen molar-refractivity contribution in [1.82, 2.24) is 19.3 Å². The summed E-state index contributed by atoms with van der Waals surface area (Å²) in [6, 6.07) is 11.2. The third kappa shape index (κ3) is 3.16. The van der Waals surface area contributed by atoms with E-state index in [4.69, 9.17) is 0 Å². The zero-order chi connectivity index (χ0) is 20.7. The van der Waals surface area contributed by atoms with E-state index < -0.39 is 23.2 Å². The number of aryl methyl sites for hydroxylation is 2. The molecular formula is C22H17F2N5O. The predicted molar refractivity (Wildman–Crippen MR) is 107 cm³/mol. The van der Waals surface area contributed by atoms with Crippen molar-refractivity contribution in [3.63, 3.8) is 0 Å². The number of benzene rings is 2. The second-order valence-corrected chi connectivity index (χ2v) is 7.12. The van der Waals surface area contributed by atoms with Crippen molar-refractivity contribution in [2.45, 2.75) is 19.3 Å². The third-order valence-corrected chi connectivity index (χ3v) is 5.20. The number of nitrogens with one attached hydrogen (secondary N) is 1. The fourth-order valence-corrected chi connectivity index (χ4v) is 3.71. The van der Waals surface area contributed by atoms with E-state index in [0.29, 0.717) is 0 Å². The Balaban J connectivity index is 1.53. The summed E-state index contributed by atoms with van der Waals surface area (Å²) in [5, 5.41) is 6.76. The molecule has 0 unspecified atom stereocenters. The topological polar surface area (TPSA) is 64.7 Å². The number of para-hydroxylation sites is 1. The number of carbonyl (C=O) groups excluding carboxylic acids is 1. The van der Waals surface area contributed by atoms with Gasteiger partial charge in [-0.25, -0.2) is 18.4 Å². The van der Waals surface area contributed by atoms with Gasteiger partial charge in [0, 0.05) is 23.8 Å². The van der Waals surface area contributed by atoms with Gasteiger partial charge in [0.2, 0.25) is 0 Å². The highest BCUT2D eigenvalue weighted by Gasteiger charge is 2.22. The van der Waals surface area contributed by atoms with Crippen LogP contribution >= 0.6 is 0 Å². The first-order valence-corrected chi connectivity index (χ1v) is 9.56. The first kappa shape index (κ1) is 18.2. The number of hydrogen-bond acceptors (Lipinski definition) is 3. The number of rotatable bonds is 3. The van der Waals surface area contributed by atoms with Crippen LogP contribution in [-0.2, 0) is 12.8 Å². The molecule has 1 aliphatic rings. The van der Waals surface area contributed by atoms with E-state index in [2.05, 4.69) is 21.5 Å². The van der Waals surface area contributed by atoms with E-state index in [1.165, 1.54) is 6.07 Å². The number of fused-ring (bicyclic) bond motifs is 3. The van der Waals surface area contributed by atoms with Gasteiger partial charge in [0.05, 0.1) is 12.0 Å². The van der Waals surface area contributed by atoms with Crippen molar-refractivity contribution < 1.29 is 13.6 Å². The third-order valence-electron chi connectivity index (χ3n) is 5.20. The van der Waals surface area contributed by atoms with Crippen LogP contribution in [0.2, 0.25) is 0 Å². The Morgan fingerprint density at radius 3 is 2.67 bits per heavy atom. The van der Waals surface area contributed by atoms with Crippen LogP contribution < -0.4 is 5.32 Å². The molecule has 0 radical (unpaired) electrons. The Morgan fingerprint density at radius 2 is 1.90 bits per heavy atom. The summed E-state index contributed by atoms with van der Waals surface area (Å²) >= 11 is 0. The number of anilines is 1. The Morgan fingerprint density at radius 1 is 1.07 bits per heavy atom. The highest BCUT2D eigenvalue weighted by atomic mass is 19.1. The zero-order valence-electron chi connectivity index (χ0n) is 15.8. The van der Waals surface area contributed by atoms with Gasteiger partial charge in [-0.1, -0.05) is 12.1 Å². The molecule has 3 heterocycles. The number of aromatic nitrogens is 4. The Kier molecular flexibility index (Phi) is 4.39. The van der Waals surface area contributed by atoms with Gasteiger partial charge in [0.1, 0.15) is 17.3 Å². The van der Waals surface area contributed by atoms with Crippen molar-refractivity contribution >= 4 is 11.6 Å². The van der Waals surface area contributed by atoms with Crippen LogP contribution in [0.1, 0.15) is 28.2 Å². The van der Waals surface area contributed by atoms with E-state index in [1.54, 1.807) is 23.3 Å². The minimum atomic E-state index is -0.834. The molecule has 0 spiro atoms. The first-order chi connectivity index (χ1) is 14.6. The van der Waals surface area contributed by atoms with E-state index >= 15 is 0 Å². The standard InChI is InChI=1S/C22H17F2N5O/c23-17-5-2-6-18(24)21(17)26-22(30)19-11-16-4-1-3-14-7-8-15(28-10-9-25-13-28)12-20(14)29(16)27-19/h2,5-13H,1,3-4H2,(H,26,30). The maximum atomic E-state index is 13.9. The Hall–Kier alpha value is -3.81. The van der Waals surface area contributed by atoms with Crippen molar-refractivity contribution in [3.05, 3.63) is 89.8 Å². The molecule has 2 aromatic heterocycles. The van der Waals surface area contributed by atoms with Crippen LogP contribution in [0.5, 0.6) is 0 Å². The van der Waals surface area contributed by atoms with Crippen molar-refractivity contribution in [2.24, 2.45) is 0 Å². The van der Waals surface area contributed by atoms with Gasteiger partial charge in [0.15, 0.2) is 5.69 Å². The molecule has 1 N–H and O–H groups in total. The van der Waals surface area contributed by atoms with Crippen LogP contribution in [0.15, 0.2) is 61.2 Å². The highest BCUT2D eigenvalue weighted by molar-refractivity contribution is 6.03. The molecule has 8 heteroatoms. The molecule has 0 aliphatic carbocycles. The molecule has 0 fully saturated rings. The predicted octanol–water partition coefficient (Wildman–Crippen LogP) is 4.08. The lowest BCUT2D eigenvalue weighted by atomic mass is 10.1. The summed E-state index contributed by atoms with van der Waals surface area (Å²) in [5.74, 6) is -2.33. The van der Waals surface area contributed by atoms with Gasteiger partial charge >= 0.3 is 0 Å². The normalized spacial score (nSPS) is 12.7. The average molecular weight is 405 g/mol. The molecular weight excluding hydrogens is 388 g/mol. The number of nitrogens with zero attached hydrogens (tertiary/aromatic N) is 4. The molecule has 0 atom stereocenters. The van der Waals surface area contributed by atoms with Crippen LogP contribution in [-0.4, -0.2) is 25.2 Å². The molecule has 1 amide bonds. The number of imidazole rings is 1. The van der Waals surface area contributed by atoms with Gasteiger partial charge in [-0.3, -0.25) is 4.79 Å². The maximum Gasteiger partial charge on any atom is 0.276 e. The minimum absolute atomic E-state index is 0.105. The van der Waals surface area contributed by atoms with Crippen LogP contribution in [0, 0.1) is 11.6 Å². The van der Waals surface area contributed by atoms with Crippen LogP contribution in [0.3, 0.4) is 0 Å². The number of halogens is 2.